The number of sulfonamides is 1. The molecule has 0 bridgehead atoms. The van der Waals surface area contributed by atoms with Crippen molar-refractivity contribution in [2.75, 3.05) is 91.9 Å². The molecular weight excluding hydrogens is 412 g/mol. The zero-order chi connectivity index (χ0) is 21.9. The first-order valence-electron chi connectivity index (χ1n) is 11.1. The summed E-state index contributed by atoms with van der Waals surface area (Å²) in [7, 11) is -3.15. The van der Waals surface area contributed by atoms with Crippen LogP contribution in [0.15, 0.2) is 0 Å². The Hall–Kier alpha value is -0.330. The van der Waals surface area contributed by atoms with E-state index in [0.717, 1.165) is 32.2 Å². The van der Waals surface area contributed by atoms with E-state index in [0.29, 0.717) is 65.6 Å². The van der Waals surface area contributed by atoms with E-state index < -0.39 is 10.0 Å². The van der Waals surface area contributed by atoms with Crippen molar-refractivity contribution in [3.63, 3.8) is 0 Å². The Balaban J connectivity index is 1.74. The van der Waals surface area contributed by atoms with Gasteiger partial charge in [0.05, 0.1) is 71.8 Å². The fourth-order valence-electron chi connectivity index (χ4n) is 3.02. The summed E-state index contributed by atoms with van der Waals surface area (Å²) in [5.74, 6) is 0. The van der Waals surface area contributed by atoms with Crippen LogP contribution in [-0.4, -0.2) is 111 Å². The molecule has 0 radical (unpaired) electrons. The molecule has 0 aliphatic carbocycles. The highest BCUT2D eigenvalue weighted by Gasteiger charge is 2.18. The molecule has 1 rings (SSSR count). The van der Waals surface area contributed by atoms with Gasteiger partial charge in [-0.15, -0.1) is 0 Å². The Bertz CT molecular complexity index is 486. The lowest BCUT2D eigenvalue weighted by molar-refractivity contribution is -0.0361. The maximum absolute atomic E-state index is 10.8. The van der Waals surface area contributed by atoms with Gasteiger partial charge in [-0.1, -0.05) is 13.3 Å². The van der Waals surface area contributed by atoms with Gasteiger partial charge in [-0.25, -0.2) is 13.1 Å². The van der Waals surface area contributed by atoms with Crippen LogP contribution in [0, 0.1) is 0 Å². The van der Waals surface area contributed by atoms with Crippen molar-refractivity contribution >= 4 is 10.0 Å². The number of nitrogens with zero attached hydrogens (tertiary/aromatic N) is 1. The molecule has 1 fully saturated rings. The first-order valence-corrected chi connectivity index (χ1v) is 13.0. The molecule has 0 atom stereocenters. The Morgan fingerprint density at radius 1 is 0.833 bits per heavy atom. The second-order valence-electron chi connectivity index (χ2n) is 7.38. The van der Waals surface area contributed by atoms with Crippen molar-refractivity contribution in [2.45, 2.75) is 38.7 Å². The number of rotatable bonds is 20. The monoisotopic (exact) mass is 454 g/mol. The molecule has 1 N–H and O–H groups in total. The van der Waals surface area contributed by atoms with Gasteiger partial charge in [0.15, 0.2) is 0 Å². The van der Waals surface area contributed by atoms with Gasteiger partial charge < -0.3 is 28.6 Å². The molecule has 0 unspecified atom stereocenters. The highest BCUT2D eigenvalue weighted by atomic mass is 32.2. The number of piperidine rings is 1. The quantitative estimate of drug-likeness (QED) is 0.271. The molecule has 180 valence electrons. The third-order valence-electron chi connectivity index (χ3n) is 4.67. The number of unbranched alkanes of at least 4 members (excludes halogenated alkanes) is 1. The summed E-state index contributed by atoms with van der Waals surface area (Å²) in [6.45, 7) is 10.5. The number of hydrogen-bond acceptors (Lipinski definition) is 8. The second-order valence-corrected chi connectivity index (χ2v) is 9.21. The van der Waals surface area contributed by atoms with Gasteiger partial charge in [-0.2, -0.15) is 0 Å². The van der Waals surface area contributed by atoms with Crippen molar-refractivity contribution in [2.24, 2.45) is 0 Å². The molecule has 0 spiro atoms. The van der Waals surface area contributed by atoms with Crippen molar-refractivity contribution in [3.05, 3.63) is 0 Å². The summed E-state index contributed by atoms with van der Waals surface area (Å²) >= 11 is 0. The first-order chi connectivity index (χ1) is 14.5. The fourth-order valence-corrected chi connectivity index (χ4v) is 3.47. The minimum atomic E-state index is -3.15. The zero-order valence-corrected chi connectivity index (χ0v) is 19.6. The molecule has 9 nitrogen and oxygen atoms in total. The van der Waals surface area contributed by atoms with Gasteiger partial charge in [0.2, 0.25) is 10.0 Å². The number of likely N-dealkylation sites (tertiary alicyclic amines) is 1. The van der Waals surface area contributed by atoms with E-state index in [2.05, 4.69) is 16.5 Å². The molecule has 0 saturated carbocycles. The van der Waals surface area contributed by atoms with Crippen LogP contribution in [0.25, 0.3) is 0 Å². The van der Waals surface area contributed by atoms with Crippen LogP contribution >= 0.6 is 0 Å². The van der Waals surface area contributed by atoms with Crippen molar-refractivity contribution in [3.8, 4) is 0 Å². The van der Waals surface area contributed by atoms with Crippen LogP contribution in [0.5, 0.6) is 0 Å². The third-order valence-corrected chi connectivity index (χ3v) is 5.40. The molecule has 30 heavy (non-hydrogen) atoms. The van der Waals surface area contributed by atoms with Crippen molar-refractivity contribution < 1.29 is 32.1 Å². The van der Waals surface area contributed by atoms with E-state index in [9.17, 15) is 8.42 Å². The number of nitrogens with one attached hydrogen (secondary N) is 1. The molecule has 1 aliphatic heterocycles. The number of ether oxygens (including phenoxy) is 5. The first kappa shape index (κ1) is 27.7. The maximum atomic E-state index is 10.8. The molecule has 1 saturated heterocycles. The molecule has 0 amide bonds. The van der Waals surface area contributed by atoms with Crippen LogP contribution in [0.2, 0.25) is 0 Å². The maximum Gasteiger partial charge on any atom is 0.208 e. The van der Waals surface area contributed by atoms with E-state index in [1.54, 1.807) is 0 Å². The summed E-state index contributed by atoms with van der Waals surface area (Å²) in [6.07, 6.45) is 6.28. The van der Waals surface area contributed by atoms with Crippen LogP contribution < -0.4 is 4.72 Å². The summed E-state index contributed by atoms with van der Waals surface area (Å²) in [5.41, 5.74) is 0. The normalized spacial score (nSPS) is 16.3. The van der Waals surface area contributed by atoms with Gasteiger partial charge in [0, 0.05) is 19.6 Å². The van der Waals surface area contributed by atoms with E-state index in [4.69, 9.17) is 23.7 Å². The predicted molar refractivity (Wildman–Crippen MR) is 116 cm³/mol. The van der Waals surface area contributed by atoms with Crippen molar-refractivity contribution in [1.29, 1.82) is 0 Å². The third kappa shape index (κ3) is 17.4. The highest BCUT2D eigenvalue weighted by molar-refractivity contribution is 7.88. The predicted octanol–water partition coefficient (Wildman–Crippen LogP) is 0.883. The van der Waals surface area contributed by atoms with E-state index in [1.807, 2.05) is 0 Å². The van der Waals surface area contributed by atoms with Gasteiger partial charge >= 0.3 is 0 Å². The Morgan fingerprint density at radius 2 is 1.33 bits per heavy atom. The van der Waals surface area contributed by atoms with Gasteiger partial charge in [-0.3, -0.25) is 0 Å². The second kappa shape index (κ2) is 18.3. The molecule has 0 aromatic carbocycles. The lowest BCUT2D eigenvalue weighted by atomic mass is 10.1. The fraction of sp³-hybridized carbons (Fsp3) is 1.00. The Labute approximate surface area is 182 Å². The Morgan fingerprint density at radius 3 is 1.83 bits per heavy atom. The van der Waals surface area contributed by atoms with Crippen LogP contribution in [0.1, 0.15) is 32.6 Å². The van der Waals surface area contributed by atoms with Crippen LogP contribution in [-0.2, 0) is 33.7 Å². The molecule has 1 heterocycles. The molecular formula is C20H42N2O7S. The van der Waals surface area contributed by atoms with Gasteiger partial charge in [0.1, 0.15) is 0 Å². The van der Waals surface area contributed by atoms with Gasteiger partial charge in [0.25, 0.3) is 0 Å². The highest BCUT2D eigenvalue weighted by Crippen LogP contribution is 2.14. The summed E-state index contributed by atoms with van der Waals surface area (Å²) in [4.78, 5) is 2.54. The largest absolute Gasteiger partial charge is 0.378 e. The topological polar surface area (TPSA) is 95.6 Å². The standard InChI is InChI=1S/C20H42N2O7S/c1-3-4-8-22-9-5-20(6-10-22)29-19-18-28-17-16-27-15-14-26-13-12-25-11-7-21-30(2,23)24/h20-21H,3-19H2,1-2H3. The van der Waals surface area contributed by atoms with E-state index >= 15 is 0 Å². The summed E-state index contributed by atoms with van der Waals surface area (Å²) < 4.78 is 51.5. The zero-order valence-electron chi connectivity index (χ0n) is 18.8. The minimum Gasteiger partial charge on any atom is -0.378 e. The molecule has 1 aliphatic rings. The van der Waals surface area contributed by atoms with E-state index in [-0.39, 0.29) is 6.54 Å². The van der Waals surface area contributed by atoms with Gasteiger partial charge in [-0.05, 0) is 25.8 Å². The average Bonchev–Trinajstić information content (AvgIpc) is 2.72. The summed E-state index contributed by atoms with van der Waals surface area (Å²) in [5, 5.41) is 0. The van der Waals surface area contributed by atoms with Crippen LogP contribution in [0.3, 0.4) is 0 Å². The number of hydrogen-bond donors (Lipinski definition) is 1. The molecule has 0 aromatic heterocycles. The lowest BCUT2D eigenvalue weighted by Crippen LogP contribution is -2.37. The molecule has 0 aromatic rings. The van der Waals surface area contributed by atoms with E-state index in [1.165, 1.54) is 19.4 Å². The average molecular weight is 455 g/mol. The molecule has 10 heteroatoms. The minimum absolute atomic E-state index is 0.269. The van der Waals surface area contributed by atoms with Crippen molar-refractivity contribution in [1.82, 2.24) is 9.62 Å². The van der Waals surface area contributed by atoms with Crippen LogP contribution in [0.4, 0.5) is 0 Å². The lowest BCUT2D eigenvalue weighted by Gasteiger charge is -2.31. The SMILES string of the molecule is CCCCN1CCC(OCCOCCOCCOCCOCCNS(C)(=O)=O)CC1. The Kier molecular flexibility index (Phi) is 16.9. The summed E-state index contributed by atoms with van der Waals surface area (Å²) in [6, 6.07) is 0. The smallest absolute Gasteiger partial charge is 0.208 e.